The van der Waals surface area contributed by atoms with Crippen molar-refractivity contribution in [3.8, 4) is 5.69 Å². The van der Waals surface area contributed by atoms with Crippen LogP contribution in [0.15, 0.2) is 42.5 Å². The first-order valence-corrected chi connectivity index (χ1v) is 12.4. The van der Waals surface area contributed by atoms with Crippen molar-refractivity contribution in [1.29, 1.82) is 0 Å². The number of carbonyl (C=O) groups excluding carboxylic acids is 1. The predicted molar refractivity (Wildman–Crippen MR) is 154 cm³/mol. The summed E-state index contributed by atoms with van der Waals surface area (Å²) in [7, 11) is 0. The van der Waals surface area contributed by atoms with Crippen LogP contribution in [0, 0.1) is 20.8 Å². The number of piperazine rings is 1. The van der Waals surface area contributed by atoms with Crippen LogP contribution < -0.4 is 10.2 Å². The number of carbonyl (C=O) groups is 1. The molecule has 6 nitrogen and oxygen atoms in total. The van der Waals surface area contributed by atoms with Gasteiger partial charge in [-0.2, -0.15) is 0 Å². The lowest BCUT2D eigenvalue weighted by Crippen LogP contribution is -2.47. The van der Waals surface area contributed by atoms with E-state index in [2.05, 4.69) is 33.1 Å². The number of anilines is 1. The van der Waals surface area contributed by atoms with Gasteiger partial charge in [-0.15, -0.1) is 24.8 Å². The van der Waals surface area contributed by atoms with Crippen LogP contribution >= 0.6 is 48.0 Å². The van der Waals surface area contributed by atoms with Crippen molar-refractivity contribution in [2.45, 2.75) is 27.2 Å². The first kappa shape index (κ1) is 30.3. The summed E-state index contributed by atoms with van der Waals surface area (Å²) in [4.78, 5) is 22.2. The van der Waals surface area contributed by atoms with E-state index in [1.807, 2.05) is 54.8 Å². The Hall–Kier alpha value is -1.96. The molecule has 1 aliphatic heterocycles. The molecule has 10 heteroatoms. The van der Waals surface area contributed by atoms with E-state index >= 15 is 0 Å². The maximum Gasteiger partial charge on any atom is 0.271 e. The number of rotatable bonds is 7. The Labute approximate surface area is 235 Å². The normalized spacial score (nSPS) is 13.6. The quantitative estimate of drug-likeness (QED) is 0.359. The molecule has 0 spiro atoms. The standard InChI is InChI=1S/C26H31Cl2N5O.2ClH/c1-18-23(28)6-4-7-24(18)32-16-14-31(15-17-32)13-5-12-29-26(34)25-19(2)33(20(3)30-25)22-10-8-21(27)9-11-22;;/h4,6-11H,5,12-17H2,1-3H3,(H,29,34);2*1H. The number of aryl methyl sites for hydroxylation is 1. The number of hydrogen-bond acceptors (Lipinski definition) is 4. The third-order valence-corrected chi connectivity index (χ3v) is 7.13. The van der Waals surface area contributed by atoms with Gasteiger partial charge in [0, 0.05) is 54.1 Å². The van der Waals surface area contributed by atoms with Crippen molar-refractivity contribution in [2.24, 2.45) is 0 Å². The molecule has 0 radical (unpaired) electrons. The third-order valence-electron chi connectivity index (χ3n) is 6.46. The van der Waals surface area contributed by atoms with Crippen molar-refractivity contribution in [2.75, 3.05) is 44.2 Å². The van der Waals surface area contributed by atoms with Gasteiger partial charge in [0.2, 0.25) is 0 Å². The smallest absolute Gasteiger partial charge is 0.271 e. The van der Waals surface area contributed by atoms with Crippen LogP contribution in [-0.2, 0) is 0 Å². The molecule has 4 rings (SSSR count). The molecule has 1 saturated heterocycles. The molecular weight excluding hydrogens is 540 g/mol. The number of benzene rings is 2. The van der Waals surface area contributed by atoms with Gasteiger partial charge in [0.05, 0.1) is 5.69 Å². The van der Waals surface area contributed by atoms with Crippen LogP contribution in [0.5, 0.6) is 0 Å². The lowest BCUT2D eigenvalue weighted by atomic mass is 10.1. The summed E-state index contributed by atoms with van der Waals surface area (Å²) in [5, 5.41) is 4.54. The van der Waals surface area contributed by atoms with Gasteiger partial charge in [-0.25, -0.2) is 4.98 Å². The summed E-state index contributed by atoms with van der Waals surface area (Å²) >= 11 is 12.3. The van der Waals surface area contributed by atoms with Crippen LogP contribution in [0.25, 0.3) is 5.69 Å². The summed E-state index contributed by atoms with van der Waals surface area (Å²) in [6.45, 7) is 11.5. The molecule has 1 aliphatic rings. The van der Waals surface area contributed by atoms with E-state index in [0.717, 1.165) is 66.9 Å². The zero-order valence-corrected chi connectivity index (χ0v) is 23.9. The number of nitrogens with one attached hydrogen (secondary N) is 1. The molecule has 3 aromatic rings. The molecule has 1 N–H and O–H groups in total. The molecule has 1 fully saturated rings. The zero-order chi connectivity index (χ0) is 24.2. The highest BCUT2D eigenvalue weighted by Crippen LogP contribution is 2.27. The van der Waals surface area contributed by atoms with Gasteiger partial charge >= 0.3 is 0 Å². The Bertz CT molecular complexity index is 1160. The summed E-state index contributed by atoms with van der Waals surface area (Å²) < 4.78 is 1.98. The van der Waals surface area contributed by atoms with E-state index in [9.17, 15) is 4.79 Å². The van der Waals surface area contributed by atoms with Crippen molar-refractivity contribution >= 4 is 59.6 Å². The van der Waals surface area contributed by atoms with Gasteiger partial charge in [0.25, 0.3) is 5.91 Å². The molecule has 1 amide bonds. The fraction of sp³-hybridized carbons (Fsp3) is 0.385. The predicted octanol–water partition coefficient (Wildman–Crippen LogP) is 5.89. The van der Waals surface area contributed by atoms with E-state index in [0.29, 0.717) is 17.3 Å². The first-order valence-electron chi connectivity index (χ1n) is 11.7. The third kappa shape index (κ3) is 6.87. The molecule has 196 valence electrons. The largest absolute Gasteiger partial charge is 0.369 e. The van der Waals surface area contributed by atoms with Crippen molar-refractivity contribution < 1.29 is 4.79 Å². The number of hydrogen-bond donors (Lipinski definition) is 1. The molecule has 2 heterocycles. The Kier molecular flexibility index (Phi) is 11.4. The summed E-state index contributed by atoms with van der Waals surface area (Å²) in [5.41, 5.74) is 4.60. The number of halogens is 4. The van der Waals surface area contributed by atoms with Gasteiger partial charge in [-0.3, -0.25) is 9.69 Å². The van der Waals surface area contributed by atoms with E-state index in [1.165, 1.54) is 5.69 Å². The van der Waals surface area contributed by atoms with Gasteiger partial charge in [-0.05, 0) is 75.7 Å². The number of imidazole rings is 1. The van der Waals surface area contributed by atoms with Crippen LogP contribution in [-0.4, -0.2) is 59.6 Å². The summed E-state index contributed by atoms with van der Waals surface area (Å²) in [6, 6.07) is 13.6. The molecule has 2 aromatic carbocycles. The molecule has 36 heavy (non-hydrogen) atoms. The molecule has 0 atom stereocenters. The Morgan fingerprint density at radius 2 is 1.64 bits per heavy atom. The lowest BCUT2D eigenvalue weighted by molar-refractivity contribution is 0.0946. The second kappa shape index (κ2) is 13.5. The molecule has 0 aliphatic carbocycles. The lowest BCUT2D eigenvalue weighted by Gasteiger charge is -2.37. The van der Waals surface area contributed by atoms with E-state index in [-0.39, 0.29) is 30.7 Å². The number of aromatic nitrogens is 2. The van der Waals surface area contributed by atoms with Crippen LogP contribution in [0.4, 0.5) is 5.69 Å². The molecule has 0 unspecified atom stereocenters. The average molecular weight is 573 g/mol. The minimum absolute atomic E-state index is 0. The highest BCUT2D eigenvalue weighted by molar-refractivity contribution is 6.31. The van der Waals surface area contributed by atoms with E-state index < -0.39 is 0 Å². The van der Waals surface area contributed by atoms with Gasteiger partial charge < -0.3 is 14.8 Å². The molecule has 0 bridgehead atoms. The second-order valence-corrected chi connectivity index (χ2v) is 9.57. The van der Waals surface area contributed by atoms with Crippen molar-refractivity contribution in [3.63, 3.8) is 0 Å². The van der Waals surface area contributed by atoms with Crippen molar-refractivity contribution in [1.82, 2.24) is 19.8 Å². The van der Waals surface area contributed by atoms with Crippen LogP contribution in [0.1, 0.15) is 34.0 Å². The maximum atomic E-state index is 12.8. The van der Waals surface area contributed by atoms with Crippen LogP contribution in [0.2, 0.25) is 10.0 Å². The zero-order valence-electron chi connectivity index (χ0n) is 20.8. The minimum Gasteiger partial charge on any atom is -0.369 e. The summed E-state index contributed by atoms with van der Waals surface area (Å²) in [6.07, 6.45) is 0.901. The van der Waals surface area contributed by atoms with Gasteiger partial charge in [0.1, 0.15) is 11.5 Å². The summed E-state index contributed by atoms with van der Waals surface area (Å²) in [5.74, 6) is 0.646. The Balaban J connectivity index is 0.00000228. The Morgan fingerprint density at radius 1 is 0.972 bits per heavy atom. The Morgan fingerprint density at radius 3 is 2.31 bits per heavy atom. The maximum absolute atomic E-state index is 12.8. The second-order valence-electron chi connectivity index (χ2n) is 8.73. The van der Waals surface area contributed by atoms with E-state index in [1.54, 1.807) is 0 Å². The molecule has 1 aromatic heterocycles. The van der Waals surface area contributed by atoms with Gasteiger partial charge in [0.15, 0.2) is 0 Å². The topological polar surface area (TPSA) is 53.4 Å². The molecular formula is C26H33Cl4N5O. The first-order chi connectivity index (χ1) is 16.3. The van der Waals surface area contributed by atoms with Crippen LogP contribution in [0.3, 0.4) is 0 Å². The monoisotopic (exact) mass is 571 g/mol. The van der Waals surface area contributed by atoms with Gasteiger partial charge in [-0.1, -0.05) is 29.3 Å². The highest BCUT2D eigenvalue weighted by Gasteiger charge is 2.20. The number of amides is 1. The SMILES string of the molecule is Cc1c(Cl)cccc1N1CCN(CCCNC(=O)c2nc(C)n(-c3ccc(Cl)cc3)c2C)CC1.Cl.Cl. The van der Waals surface area contributed by atoms with Crippen molar-refractivity contribution in [3.05, 3.63) is 75.3 Å². The minimum atomic E-state index is -0.130. The molecule has 0 saturated carbocycles. The fourth-order valence-corrected chi connectivity index (χ4v) is 4.86. The van der Waals surface area contributed by atoms with E-state index in [4.69, 9.17) is 23.2 Å². The fourth-order valence-electron chi connectivity index (χ4n) is 4.57. The number of nitrogens with zero attached hydrogens (tertiary/aromatic N) is 4. The highest BCUT2D eigenvalue weighted by atomic mass is 35.5. The average Bonchev–Trinajstić information content (AvgIpc) is 3.13.